The van der Waals surface area contributed by atoms with Crippen LogP contribution < -0.4 is 0 Å². The van der Waals surface area contributed by atoms with Crippen molar-refractivity contribution in [3.63, 3.8) is 0 Å². The summed E-state index contributed by atoms with van der Waals surface area (Å²) in [5.41, 5.74) is 13.3. The minimum absolute atomic E-state index is 0.646. The van der Waals surface area contributed by atoms with Gasteiger partial charge in [-0.25, -0.2) is 9.97 Å². The van der Waals surface area contributed by atoms with Crippen LogP contribution in [0.4, 0.5) is 0 Å². The fourth-order valence-corrected chi connectivity index (χ4v) is 9.33. The highest BCUT2D eigenvalue weighted by Crippen LogP contribution is 2.46. The lowest BCUT2D eigenvalue weighted by molar-refractivity contribution is 1.18. The van der Waals surface area contributed by atoms with Gasteiger partial charge in [-0.2, -0.15) is 5.26 Å². The number of pyridine rings is 2. The molecule has 0 spiro atoms. The van der Waals surface area contributed by atoms with Crippen LogP contribution in [0.25, 0.3) is 115 Å². The summed E-state index contributed by atoms with van der Waals surface area (Å²) >= 11 is 0. The van der Waals surface area contributed by atoms with E-state index in [-0.39, 0.29) is 0 Å². The largest absolute Gasteiger partial charge is 0.309 e. The molecule has 3 aromatic heterocycles. The predicted octanol–water partition coefficient (Wildman–Crippen LogP) is 14.2. The molecule has 0 saturated heterocycles. The molecule has 0 saturated carbocycles. The van der Waals surface area contributed by atoms with Gasteiger partial charge in [-0.3, -0.25) is 0 Å². The van der Waals surface area contributed by atoms with E-state index in [1.165, 1.54) is 32.7 Å². The lowest BCUT2D eigenvalue weighted by Gasteiger charge is -2.18. The minimum atomic E-state index is 0.646. The van der Waals surface area contributed by atoms with E-state index in [1.54, 1.807) is 0 Å². The van der Waals surface area contributed by atoms with Gasteiger partial charge in [-0.1, -0.05) is 127 Å². The molecule has 272 valence electrons. The number of fused-ring (bicyclic) bond motifs is 9. The van der Waals surface area contributed by atoms with Gasteiger partial charge in [0.15, 0.2) is 0 Å². The van der Waals surface area contributed by atoms with Crippen molar-refractivity contribution in [1.29, 1.82) is 5.26 Å². The molecule has 0 aliphatic rings. The molecule has 0 bridgehead atoms. The number of benzene rings is 9. The Kier molecular flexibility index (Phi) is 7.26. The topological polar surface area (TPSA) is 54.5 Å². The van der Waals surface area contributed by atoms with Crippen LogP contribution in [0, 0.1) is 11.3 Å². The highest BCUT2D eigenvalue weighted by atomic mass is 15.0. The van der Waals surface area contributed by atoms with Crippen LogP contribution in [-0.2, 0) is 0 Å². The lowest BCUT2D eigenvalue weighted by Crippen LogP contribution is -1.94. The van der Waals surface area contributed by atoms with E-state index in [1.807, 2.05) is 30.3 Å². The first-order chi connectivity index (χ1) is 29.2. The molecule has 4 heteroatoms. The van der Waals surface area contributed by atoms with Gasteiger partial charge in [0.25, 0.3) is 0 Å². The van der Waals surface area contributed by atoms with Gasteiger partial charge in [0.05, 0.1) is 44.9 Å². The summed E-state index contributed by atoms with van der Waals surface area (Å²) in [6.07, 6.45) is 0. The van der Waals surface area contributed by atoms with E-state index in [0.29, 0.717) is 5.56 Å². The predicted molar refractivity (Wildman–Crippen MR) is 245 cm³/mol. The van der Waals surface area contributed by atoms with Crippen molar-refractivity contribution in [3.8, 4) is 45.3 Å². The average molecular weight is 749 g/mol. The second kappa shape index (κ2) is 13.0. The molecule has 0 unspecified atom stereocenters. The number of nitriles is 1. The number of hydrogen-bond acceptors (Lipinski definition) is 3. The Morgan fingerprint density at radius 2 is 0.966 bits per heavy atom. The Labute approximate surface area is 339 Å². The third-order valence-corrected chi connectivity index (χ3v) is 11.9. The molecule has 3 heterocycles. The molecule has 0 aliphatic carbocycles. The van der Waals surface area contributed by atoms with Gasteiger partial charge in [0.1, 0.15) is 0 Å². The van der Waals surface area contributed by atoms with Crippen LogP contribution >= 0.6 is 0 Å². The number of rotatable bonds is 4. The molecule has 0 atom stereocenters. The fraction of sp³-hybridized carbons (Fsp3) is 0. The van der Waals surface area contributed by atoms with E-state index >= 15 is 0 Å². The van der Waals surface area contributed by atoms with Crippen molar-refractivity contribution < 1.29 is 0 Å². The first kappa shape index (κ1) is 33.1. The van der Waals surface area contributed by atoms with Gasteiger partial charge < -0.3 is 4.57 Å². The molecule has 59 heavy (non-hydrogen) atoms. The van der Waals surface area contributed by atoms with Gasteiger partial charge in [-0.05, 0) is 111 Å². The van der Waals surface area contributed by atoms with Gasteiger partial charge in [0, 0.05) is 38.2 Å². The zero-order valence-corrected chi connectivity index (χ0v) is 31.8. The summed E-state index contributed by atoms with van der Waals surface area (Å²) in [5, 5.41) is 20.0. The minimum Gasteiger partial charge on any atom is -0.309 e. The van der Waals surface area contributed by atoms with E-state index in [0.717, 1.165) is 82.6 Å². The first-order valence-electron chi connectivity index (χ1n) is 19.9. The summed E-state index contributed by atoms with van der Waals surface area (Å²) in [5.74, 6) is 0. The highest BCUT2D eigenvalue weighted by Gasteiger charge is 2.21. The van der Waals surface area contributed by atoms with Crippen LogP contribution in [-0.4, -0.2) is 14.5 Å². The standard InChI is InChI=1S/C55H32N4/c56-33-34-23-27-50-45(29-34)46-31-37(25-28-51(46)59(50)39-16-5-2-6-17-39)52-40-18-8-10-20-42(40)53(43-21-11-9-19-41(43)52)38-24-26-44-49(32-38)58-54(35-13-3-1-4-14-35)47-30-36-15-7-12-22-48(36)57-55(44)47/h1-32H. The maximum absolute atomic E-state index is 9.93. The molecule has 0 radical (unpaired) electrons. The summed E-state index contributed by atoms with van der Waals surface area (Å²) in [6, 6.07) is 70.9. The molecule has 0 amide bonds. The summed E-state index contributed by atoms with van der Waals surface area (Å²) in [4.78, 5) is 10.7. The SMILES string of the molecule is N#Cc1ccc2c(c1)c1cc(-c3c4ccccc4c(-c4ccc5c(c4)nc(-c4ccccc4)c4cc6ccccc6nc45)c4ccccc34)ccc1n2-c1ccccc1. The number of hydrogen-bond donors (Lipinski definition) is 0. The first-order valence-corrected chi connectivity index (χ1v) is 19.9. The summed E-state index contributed by atoms with van der Waals surface area (Å²) in [6.45, 7) is 0. The number of para-hydroxylation sites is 2. The molecule has 0 N–H and O–H groups in total. The molecular weight excluding hydrogens is 717 g/mol. The normalized spacial score (nSPS) is 11.7. The van der Waals surface area contributed by atoms with Gasteiger partial charge >= 0.3 is 0 Å². The van der Waals surface area contributed by atoms with Crippen molar-refractivity contribution >= 4 is 76.1 Å². The third-order valence-electron chi connectivity index (χ3n) is 11.9. The van der Waals surface area contributed by atoms with Crippen LogP contribution in [0.5, 0.6) is 0 Å². The van der Waals surface area contributed by atoms with Gasteiger partial charge in [0.2, 0.25) is 0 Å². The van der Waals surface area contributed by atoms with Crippen LogP contribution in [0.15, 0.2) is 194 Å². The zero-order valence-electron chi connectivity index (χ0n) is 31.8. The second-order valence-corrected chi connectivity index (χ2v) is 15.2. The van der Waals surface area contributed by atoms with Crippen molar-refractivity contribution in [1.82, 2.24) is 14.5 Å². The second-order valence-electron chi connectivity index (χ2n) is 15.2. The van der Waals surface area contributed by atoms with E-state index in [2.05, 4.69) is 174 Å². The molecule has 12 rings (SSSR count). The number of aromatic nitrogens is 3. The van der Waals surface area contributed by atoms with Crippen LogP contribution in [0.3, 0.4) is 0 Å². The fourth-order valence-electron chi connectivity index (χ4n) is 9.33. The van der Waals surface area contributed by atoms with Gasteiger partial charge in [-0.15, -0.1) is 0 Å². The Morgan fingerprint density at radius 3 is 1.66 bits per heavy atom. The summed E-state index contributed by atoms with van der Waals surface area (Å²) in [7, 11) is 0. The Bertz CT molecular complexity index is 3670. The van der Waals surface area contributed by atoms with Crippen molar-refractivity contribution in [2.45, 2.75) is 0 Å². The number of nitrogens with zero attached hydrogens (tertiary/aromatic N) is 4. The lowest BCUT2D eigenvalue weighted by atomic mass is 9.85. The monoisotopic (exact) mass is 748 g/mol. The smallest absolute Gasteiger partial charge is 0.0991 e. The van der Waals surface area contributed by atoms with Crippen molar-refractivity contribution in [3.05, 3.63) is 200 Å². The highest BCUT2D eigenvalue weighted by molar-refractivity contribution is 6.23. The van der Waals surface area contributed by atoms with Crippen molar-refractivity contribution in [2.24, 2.45) is 0 Å². The zero-order chi connectivity index (χ0) is 39.0. The van der Waals surface area contributed by atoms with E-state index in [4.69, 9.17) is 9.97 Å². The average Bonchev–Trinajstić information content (AvgIpc) is 3.63. The quantitative estimate of drug-likeness (QED) is 0.133. The molecule has 0 aliphatic heterocycles. The van der Waals surface area contributed by atoms with Crippen LogP contribution in [0.2, 0.25) is 0 Å². The molecule has 4 nitrogen and oxygen atoms in total. The maximum atomic E-state index is 9.93. The molecule has 9 aromatic carbocycles. The van der Waals surface area contributed by atoms with Crippen LogP contribution in [0.1, 0.15) is 5.56 Å². The van der Waals surface area contributed by atoms with E-state index < -0.39 is 0 Å². The molecule has 0 fully saturated rings. The summed E-state index contributed by atoms with van der Waals surface area (Å²) < 4.78 is 2.30. The van der Waals surface area contributed by atoms with Crippen molar-refractivity contribution in [2.75, 3.05) is 0 Å². The Balaban J connectivity index is 1.12. The molecular formula is C55H32N4. The Hall–Kier alpha value is -8.13. The Morgan fingerprint density at radius 1 is 0.390 bits per heavy atom. The molecule has 12 aromatic rings. The maximum Gasteiger partial charge on any atom is 0.0991 e. The van der Waals surface area contributed by atoms with E-state index in [9.17, 15) is 5.26 Å². The third kappa shape index (κ3) is 5.09.